The third kappa shape index (κ3) is 2.50. The maximum Gasteiger partial charge on any atom is 0.308 e. The van der Waals surface area contributed by atoms with Crippen molar-refractivity contribution in [3.8, 4) is 0 Å². The van der Waals surface area contributed by atoms with Crippen molar-refractivity contribution in [2.75, 3.05) is 6.54 Å². The van der Waals surface area contributed by atoms with Gasteiger partial charge in [0.05, 0.1) is 5.92 Å². The van der Waals surface area contributed by atoms with Gasteiger partial charge in [0.25, 0.3) is 0 Å². The van der Waals surface area contributed by atoms with Crippen molar-refractivity contribution < 1.29 is 9.90 Å². The molecule has 3 heteroatoms. The second-order valence-corrected chi connectivity index (χ2v) is 3.59. The standard InChI is InChI=1S/C8H15NO2/c1-5(2)4-9-7-3-6(7)8(10)11/h5-7,9H,3-4H2,1-2H3,(H,10,11). The summed E-state index contributed by atoms with van der Waals surface area (Å²) >= 11 is 0. The van der Waals surface area contributed by atoms with Crippen LogP contribution in [-0.2, 0) is 4.79 Å². The molecule has 3 nitrogen and oxygen atoms in total. The van der Waals surface area contributed by atoms with Crippen molar-refractivity contribution in [3.63, 3.8) is 0 Å². The molecule has 0 aromatic heterocycles. The molecule has 2 unspecified atom stereocenters. The van der Waals surface area contributed by atoms with Crippen LogP contribution in [0.25, 0.3) is 0 Å². The van der Waals surface area contributed by atoms with E-state index in [2.05, 4.69) is 19.2 Å². The first kappa shape index (κ1) is 8.53. The normalized spacial score (nSPS) is 29.0. The van der Waals surface area contributed by atoms with Gasteiger partial charge in [0.2, 0.25) is 0 Å². The fourth-order valence-corrected chi connectivity index (χ4v) is 1.08. The summed E-state index contributed by atoms with van der Waals surface area (Å²) in [4.78, 5) is 10.4. The molecule has 0 heterocycles. The van der Waals surface area contributed by atoms with E-state index in [9.17, 15) is 4.79 Å². The van der Waals surface area contributed by atoms with Crippen LogP contribution in [0.4, 0.5) is 0 Å². The predicted octanol–water partition coefficient (Wildman–Crippen LogP) is 0.705. The van der Waals surface area contributed by atoms with Crippen molar-refractivity contribution in [2.24, 2.45) is 11.8 Å². The molecule has 0 saturated heterocycles. The average Bonchev–Trinajstić information content (AvgIpc) is 2.61. The molecular weight excluding hydrogens is 142 g/mol. The van der Waals surface area contributed by atoms with E-state index in [1.54, 1.807) is 0 Å². The minimum atomic E-state index is -0.661. The summed E-state index contributed by atoms with van der Waals surface area (Å²) in [5.74, 6) is -0.176. The maximum absolute atomic E-state index is 10.4. The first-order valence-corrected chi connectivity index (χ1v) is 4.07. The highest BCUT2D eigenvalue weighted by Crippen LogP contribution is 2.30. The first-order chi connectivity index (χ1) is 5.11. The zero-order chi connectivity index (χ0) is 8.43. The van der Waals surface area contributed by atoms with Crippen LogP contribution in [0.15, 0.2) is 0 Å². The third-order valence-corrected chi connectivity index (χ3v) is 1.90. The van der Waals surface area contributed by atoms with Crippen molar-refractivity contribution in [2.45, 2.75) is 26.3 Å². The van der Waals surface area contributed by atoms with Gasteiger partial charge in [0.15, 0.2) is 0 Å². The predicted molar refractivity (Wildman–Crippen MR) is 42.4 cm³/mol. The number of rotatable bonds is 4. The van der Waals surface area contributed by atoms with Crippen LogP contribution < -0.4 is 5.32 Å². The van der Waals surface area contributed by atoms with Gasteiger partial charge in [-0.15, -0.1) is 0 Å². The Morgan fingerprint density at radius 1 is 1.73 bits per heavy atom. The Morgan fingerprint density at radius 3 is 2.73 bits per heavy atom. The Balaban J connectivity index is 2.09. The molecular formula is C8H15NO2. The maximum atomic E-state index is 10.4. The van der Waals surface area contributed by atoms with Gasteiger partial charge >= 0.3 is 5.97 Å². The molecule has 2 N–H and O–H groups in total. The fourth-order valence-electron chi connectivity index (χ4n) is 1.08. The highest BCUT2D eigenvalue weighted by atomic mass is 16.4. The Kier molecular flexibility index (Phi) is 2.49. The second kappa shape index (κ2) is 3.22. The lowest BCUT2D eigenvalue weighted by Gasteiger charge is -2.04. The largest absolute Gasteiger partial charge is 0.481 e. The smallest absolute Gasteiger partial charge is 0.308 e. The number of nitrogens with one attached hydrogen (secondary N) is 1. The molecule has 1 fully saturated rings. The van der Waals surface area contributed by atoms with Gasteiger partial charge in [0.1, 0.15) is 0 Å². The Morgan fingerprint density at radius 2 is 2.36 bits per heavy atom. The number of carboxylic acid groups (broad SMARTS) is 1. The number of hydrogen-bond acceptors (Lipinski definition) is 2. The summed E-state index contributed by atoms with van der Waals surface area (Å²) in [6.45, 7) is 5.16. The van der Waals surface area contributed by atoms with Crippen molar-refractivity contribution in [1.82, 2.24) is 5.32 Å². The molecule has 1 aliphatic rings. The van der Waals surface area contributed by atoms with Gasteiger partial charge in [-0.05, 0) is 18.9 Å². The Hall–Kier alpha value is -0.570. The highest BCUT2D eigenvalue weighted by Gasteiger charge is 2.42. The summed E-state index contributed by atoms with van der Waals surface area (Å²) in [7, 11) is 0. The van der Waals surface area contributed by atoms with Gasteiger partial charge in [-0.1, -0.05) is 13.8 Å². The highest BCUT2D eigenvalue weighted by molar-refractivity contribution is 5.74. The lowest BCUT2D eigenvalue weighted by atomic mass is 10.2. The lowest BCUT2D eigenvalue weighted by molar-refractivity contribution is -0.138. The van der Waals surface area contributed by atoms with Gasteiger partial charge < -0.3 is 10.4 Å². The van der Waals surface area contributed by atoms with E-state index in [4.69, 9.17) is 5.11 Å². The summed E-state index contributed by atoms with van der Waals surface area (Å²) < 4.78 is 0. The van der Waals surface area contributed by atoms with Crippen LogP contribution in [-0.4, -0.2) is 23.7 Å². The van der Waals surface area contributed by atoms with E-state index in [1.165, 1.54) is 0 Å². The molecule has 1 saturated carbocycles. The molecule has 11 heavy (non-hydrogen) atoms. The zero-order valence-electron chi connectivity index (χ0n) is 7.00. The molecule has 64 valence electrons. The van der Waals surface area contributed by atoms with Crippen LogP contribution in [0.1, 0.15) is 20.3 Å². The van der Waals surface area contributed by atoms with Gasteiger partial charge in [-0.3, -0.25) is 4.79 Å². The van der Waals surface area contributed by atoms with Gasteiger partial charge in [0, 0.05) is 6.04 Å². The monoisotopic (exact) mass is 157 g/mol. The van der Waals surface area contributed by atoms with E-state index < -0.39 is 5.97 Å². The van der Waals surface area contributed by atoms with E-state index >= 15 is 0 Å². The van der Waals surface area contributed by atoms with Crippen molar-refractivity contribution in [3.05, 3.63) is 0 Å². The second-order valence-electron chi connectivity index (χ2n) is 3.59. The number of carbonyl (C=O) groups is 1. The summed E-state index contributed by atoms with van der Waals surface area (Å²) in [6.07, 6.45) is 0.808. The van der Waals surface area contributed by atoms with E-state index in [1.807, 2.05) is 0 Å². The van der Waals surface area contributed by atoms with Crippen LogP contribution >= 0.6 is 0 Å². The van der Waals surface area contributed by atoms with Crippen LogP contribution in [0.3, 0.4) is 0 Å². The molecule has 1 rings (SSSR count). The minimum Gasteiger partial charge on any atom is -0.481 e. The topological polar surface area (TPSA) is 49.3 Å². The molecule has 0 amide bonds. The Bertz CT molecular complexity index is 156. The average molecular weight is 157 g/mol. The zero-order valence-corrected chi connectivity index (χ0v) is 7.00. The van der Waals surface area contributed by atoms with E-state index in [0.717, 1.165) is 13.0 Å². The third-order valence-electron chi connectivity index (χ3n) is 1.90. The van der Waals surface area contributed by atoms with Gasteiger partial charge in [-0.2, -0.15) is 0 Å². The number of carboxylic acids is 1. The summed E-state index contributed by atoms with van der Waals surface area (Å²) in [5.41, 5.74) is 0. The molecule has 0 radical (unpaired) electrons. The molecule has 2 atom stereocenters. The van der Waals surface area contributed by atoms with Gasteiger partial charge in [-0.25, -0.2) is 0 Å². The number of hydrogen-bond donors (Lipinski definition) is 2. The summed E-state index contributed by atoms with van der Waals surface area (Å²) in [5, 5.41) is 11.8. The number of aliphatic carboxylic acids is 1. The minimum absolute atomic E-state index is 0.117. The summed E-state index contributed by atoms with van der Waals surface area (Å²) in [6, 6.07) is 0.245. The molecule has 0 bridgehead atoms. The van der Waals surface area contributed by atoms with Crippen LogP contribution in [0, 0.1) is 11.8 Å². The van der Waals surface area contributed by atoms with Crippen molar-refractivity contribution in [1.29, 1.82) is 0 Å². The van der Waals surface area contributed by atoms with Crippen LogP contribution in [0.5, 0.6) is 0 Å². The van der Waals surface area contributed by atoms with E-state index in [-0.39, 0.29) is 12.0 Å². The Labute approximate surface area is 66.8 Å². The fraction of sp³-hybridized carbons (Fsp3) is 0.875. The quantitative estimate of drug-likeness (QED) is 0.631. The molecule has 0 aromatic carbocycles. The van der Waals surface area contributed by atoms with Crippen molar-refractivity contribution >= 4 is 5.97 Å². The molecule has 0 spiro atoms. The molecule has 0 aliphatic heterocycles. The molecule has 1 aliphatic carbocycles. The lowest BCUT2D eigenvalue weighted by Crippen LogP contribution is -2.24. The van der Waals surface area contributed by atoms with Crippen LogP contribution in [0.2, 0.25) is 0 Å². The van der Waals surface area contributed by atoms with E-state index in [0.29, 0.717) is 5.92 Å². The first-order valence-electron chi connectivity index (χ1n) is 4.07. The SMILES string of the molecule is CC(C)CNC1CC1C(=O)O. The molecule has 0 aromatic rings.